The number of rotatable bonds is 17. The molecule has 1 aliphatic carbocycles. The van der Waals surface area contributed by atoms with Gasteiger partial charge >= 0.3 is 6.09 Å². The van der Waals surface area contributed by atoms with Gasteiger partial charge in [-0.05, 0) is 89.8 Å². The fourth-order valence-corrected chi connectivity index (χ4v) is 9.88. The number of para-hydroxylation sites is 1. The third kappa shape index (κ3) is 11.6. The zero-order valence-corrected chi connectivity index (χ0v) is 38.5. The molecule has 334 valence electrons. The molecule has 2 aliphatic rings. The summed E-state index contributed by atoms with van der Waals surface area (Å²) >= 11 is 0. The van der Waals surface area contributed by atoms with Crippen LogP contribution in [0.1, 0.15) is 57.3 Å². The Morgan fingerprint density at radius 2 is 1.62 bits per heavy atom. The minimum Gasteiger partial charge on any atom is -0.506 e. The summed E-state index contributed by atoms with van der Waals surface area (Å²) in [5, 5.41) is 17.7. The third-order valence-corrected chi connectivity index (χ3v) is 17.6. The SMILES string of the molecule is CN(CCNC[C@H](O[Si](C)(C)C(C)(C)C)c1ccc(O)c2[nH]c(=O)ccc12)C(=O)CCOc1ccc(CN2C[C@H]3CC(OC(=O)Nc4ccccc4-c4ccccc4)C[C@H]3C2)cc1. The average Bonchev–Trinajstić information content (AvgIpc) is 3.80. The quantitative estimate of drug-likeness (QED) is 0.0532. The molecule has 0 bridgehead atoms. The number of amides is 2. The van der Waals surface area contributed by atoms with Gasteiger partial charge in [-0.1, -0.05) is 87.5 Å². The number of aromatic nitrogens is 1. The monoisotopic (exact) mass is 873 g/mol. The molecule has 5 aromatic rings. The molecular formula is C50H63N5O7Si. The molecule has 2 amide bonds. The number of aromatic amines is 1. The lowest BCUT2D eigenvalue weighted by Gasteiger charge is -2.39. The Hall–Kier alpha value is -5.47. The summed E-state index contributed by atoms with van der Waals surface area (Å²) in [5.74, 6) is 1.76. The van der Waals surface area contributed by atoms with E-state index in [0.29, 0.717) is 37.0 Å². The van der Waals surface area contributed by atoms with Crippen LogP contribution in [0, 0.1) is 11.8 Å². The molecule has 0 radical (unpaired) electrons. The summed E-state index contributed by atoms with van der Waals surface area (Å²) in [5.41, 5.74) is 4.96. The lowest BCUT2D eigenvalue weighted by Crippen LogP contribution is -2.44. The number of carbonyl (C=O) groups excluding carboxylic acids is 2. The molecule has 1 aromatic heterocycles. The van der Waals surface area contributed by atoms with E-state index in [0.717, 1.165) is 66.0 Å². The van der Waals surface area contributed by atoms with Gasteiger partial charge in [0.2, 0.25) is 11.5 Å². The van der Waals surface area contributed by atoms with Crippen molar-refractivity contribution in [2.75, 3.05) is 51.7 Å². The number of hydrogen-bond acceptors (Lipinski definition) is 9. The Bertz CT molecular complexity index is 2390. The van der Waals surface area contributed by atoms with Crippen LogP contribution in [-0.4, -0.2) is 92.7 Å². The number of phenolic OH excluding ortho intramolecular Hbond substituents is 1. The van der Waals surface area contributed by atoms with Crippen LogP contribution < -0.4 is 20.9 Å². The summed E-state index contributed by atoms with van der Waals surface area (Å²) in [6.45, 7) is 15.7. The minimum absolute atomic E-state index is 0.00258. The van der Waals surface area contributed by atoms with Crippen molar-refractivity contribution in [1.29, 1.82) is 0 Å². The standard InChI is InChI=1S/C50H63N5O7Si/c1-50(2,3)63(5,6)62-45(41-20-22-44(56)48-42(41)21-23-46(57)53-48)30-51-25-26-54(4)47(58)24-27-60-38-18-16-34(17-19-38)31-55-32-36-28-39(29-37(36)33-55)61-49(59)52-43-15-11-10-14-40(43)35-12-8-7-9-13-35/h7-23,36-37,39,45,51,56H,24-33H2,1-6H3,(H,52,59)(H,53,57)/t36-,37+,39?,45-/m0/s1. The van der Waals surface area contributed by atoms with Crippen LogP contribution in [0.5, 0.6) is 11.5 Å². The maximum atomic E-state index is 13.0. The molecule has 1 unspecified atom stereocenters. The number of nitrogens with zero attached hydrogens (tertiary/aromatic N) is 2. The van der Waals surface area contributed by atoms with Gasteiger partial charge in [-0.15, -0.1) is 0 Å². The Kier molecular flexibility index (Phi) is 14.4. The van der Waals surface area contributed by atoms with Gasteiger partial charge in [0.15, 0.2) is 8.32 Å². The Morgan fingerprint density at radius 1 is 0.921 bits per heavy atom. The van der Waals surface area contributed by atoms with E-state index in [1.54, 1.807) is 24.1 Å². The second kappa shape index (κ2) is 19.9. The Balaban J connectivity index is 0.810. The number of fused-ring (bicyclic) bond motifs is 2. The smallest absolute Gasteiger partial charge is 0.411 e. The topological polar surface area (TPSA) is 145 Å². The molecule has 4 atom stereocenters. The molecule has 0 spiro atoms. The van der Waals surface area contributed by atoms with Crippen LogP contribution >= 0.6 is 0 Å². The van der Waals surface area contributed by atoms with Gasteiger partial charge in [0.05, 0.1) is 30.3 Å². The van der Waals surface area contributed by atoms with E-state index >= 15 is 0 Å². The lowest BCUT2D eigenvalue weighted by atomic mass is 10.0. The highest BCUT2D eigenvalue weighted by Gasteiger charge is 2.42. The van der Waals surface area contributed by atoms with E-state index in [-0.39, 0.29) is 47.5 Å². The van der Waals surface area contributed by atoms with Crippen molar-refractivity contribution in [3.8, 4) is 22.6 Å². The molecule has 4 N–H and O–H groups in total. The number of phenols is 1. The number of likely N-dealkylation sites (tertiary alicyclic amines) is 1. The first-order valence-corrected chi connectivity index (χ1v) is 25.1. The fourth-order valence-electron chi connectivity index (χ4n) is 8.61. The van der Waals surface area contributed by atoms with E-state index in [1.807, 2.05) is 72.8 Å². The number of nitrogens with one attached hydrogen (secondary N) is 3. The van der Waals surface area contributed by atoms with Gasteiger partial charge in [0.1, 0.15) is 17.6 Å². The summed E-state index contributed by atoms with van der Waals surface area (Å²) in [6.07, 6.45) is 1.20. The van der Waals surface area contributed by atoms with Gasteiger partial charge in [0, 0.05) is 63.3 Å². The van der Waals surface area contributed by atoms with Gasteiger partial charge in [-0.2, -0.15) is 0 Å². The summed E-state index contributed by atoms with van der Waals surface area (Å²) in [6, 6.07) is 32.6. The van der Waals surface area contributed by atoms with Crippen LogP contribution in [0.3, 0.4) is 0 Å². The van der Waals surface area contributed by atoms with Crippen molar-refractivity contribution in [2.24, 2.45) is 11.8 Å². The predicted octanol–water partition coefficient (Wildman–Crippen LogP) is 8.94. The minimum atomic E-state index is -2.21. The van der Waals surface area contributed by atoms with Crippen molar-refractivity contribution in [3.05, 3.63) is 125 Å². The number of hydrogen-bond donors (Lipinski definition) is 4. The van der Waals surface area contributed by atoms with E-state index in [9.17, 15) is 19.5 Å². The van der Waals surface area contributed by atoms with Crippen molar-refractivity contribution in [2.45, 2.75) is 76.9 Å². The zero-order chi connectivity index (χ0) is 44.7. The second-order valence-electron chi connectivity index (χ2n) is 18.7. The molecule has 2 fully saturated rings. The van der Waals surface area contributed by atoms with Crippen LogP contribution in [0.4, 0.5) is 10.5 Å². The van der Waals surface area contributed by atoms with Crippen LogP contribution in [0.15, 0.2) is 108 Å². The molecule has 63 heavy (non-hydrogen) atoms. The van der Waals surface area contributed by atoms with E-state index in [1.165, 1.54) is 11.6 Å². The van der Waals surface area contributed by atoms with Crippen LogP contribution in [0.2, 0.25) is 18.1 Å². The Labute approximate surface area is 372 Å². The number of ether oxygens (including phenoxy) is 2. The maximum absolute atomic E-state index is 13.0. The van der Waals surface area contributed by atoms with E-state index in [4.69, 9.17) is 13.9 Å². The van der Waals surface area contributed by atoms with Gasteiger partial charge in [0.25, 0.3) is 0 Å². The Morgan fingerprint density at radius 3 is 2.33 bits per heavy atom. The van der Waals surface area contributed by atoms with Crippen molar-refractivity contribution in [3.63, 3.8) is 0 Å². The van der Waals surface area contributed by atoms with Crippen molar-refractivity contribution >= 4 is 36.9 Å². The van der Waals surface area contributed by atoms with E-state index < -0.39 is 14.4 Å². The van der Waals surface area contributed by atoms with Crippen molar-refractivity contribution < 1.29 is 28.6 Å². The number of carbonyl (C=O) groups is 2. The molecular weight excluding hydrogens is 811 g/mol. The number of anilines is 1. The third-order valence-electron chi connectivity index (χ3n) is 13.1. The summed E-state index contributed by atoms with van der Waals surface area (Å²) in [4.78, 5) is 45.0. The first-order valence-electron chi connectivity index (χ1n) is 22.2. The molecule has 12 nitrogen and oxygen atoms in total. The zero-order valence-electron chi connectivity index (χ0n) is 37.5. The van der Waals surface area contributed by atoms with E-state index in [2.05, 4.69) is 66.5 Å². The molecule has 7 rings (SSSR count). The second-order valence-corrected chi connectivity index (χ2v) is 23.4. The largest absolute Gasteiger partial charge is 0.506 e. The molecule has 1 saturated carbocycles. The molecule has 13 heteroatoms. The number of likely N-dealkylation sites (N-methyl/N-ethyl adjacent to an activating group) is 1. The van der Waals surface area contributed by atoms with Crippen LogP contribution in [0.25, 0.3) is 22.0 Å². The molecule has 2 heterocycles. The van der Waals surface area contributed by atoms with Gasteiger partial charge in [-0.25, -0.2) is 4.79 Å². The van der Waals surface area contributed by atoms with Crippen molar-refractivity contribution in [1.82, 2.24) is 20.1 Å². The molecule has 1 aliphatic heterocycles. The molecule has 4 aromatic carbocycles. The predicted molar refractivity (Wildman–Crippen MR) is 252 cm³/mol. The lowest BCUT2D eigenvalue weighted by molar-refractivity contribution is -0.130. The van der Waals surface area contributed by atoms with Gasteiger partial charge < -0.3 is 34.2 Å². The maximum Gasteiger partial charge on any atom is 0.411 e. The number of pyridine rings is 1. The summed E-state index contributed by atoms with van der Waals surface area (Å²) in [7, 11) is -0.413. The summed E-state index contributed by atoms with van der Waals surface area (Å²) < 4.78 is 18.8. The normalized spacial score (nSPS) is 18.2. The average molecular weight is 874 g/mol. The van der Waals surface area contributed by atoms with Crippen LogP contribution in [-0.2, 0) is 20.5 Å². The first kappa shape index (κ1) is 45.5. The number of benzene rings is 4. The highest BCUT2D eigenvalue weighted by Crippen LogP contribution is 2.42. The first-order chi connectivity index (χ1) is 30.1. The fraction of sp³-hybridized carbons (Fsp3) is 0.420. The highest BCUT2D eigenvalue weighted by atomic mass is 28.4. The molecule has 1 saturated heterocycles. The van der Waals surface area contributed by atoms with Gasteiger partial charge in [-0.3, -0.25) is 19.8 Å². The number of aromatic hydroxyl groups is 1. The number of H-pyrrole nitrogens is 1. The highest BCUT2D eigenvalue weighted by molar-refractivity contribution is 6.74.